The Morgan fingerprint density at radius 3 is 2.69 bits per heavy atom. The van der Waals surface area contributed by atoms with Crippen LogP contribution in [-0.4, -0.2) is 12.1 Å². The highest BCUT2D eigenvalue weighted by Crippen LogP contribution is 2.59. The van der Waals surface area contributed by atoms with E-state index < -0.39 is 5.97 Å². The molecule has 0 heterocycles. The predicted octanol–water partition coefficient (Wildman–Crippen LogP) is 3.11. The molecule has 0 amide bonds. The molecular weight excluding hydrogens is 224 g/mol. The zero-order valence-electron chi connectivity index (χ0n) is 9.32. The van der Waals surface area contributed by atoms with Crippen molar-refractivity contribution in [1.82, 2.24) is 0 Å². The van der Waals surface area contributed by atoms with E-state index in [1.807, 2.05) is 0 Å². The molecule has 3 aliphatic carbocycles. The van der Waals surface area contributed by atoms with E-state index in [1.165, 1.54) is 25.7 Å². The molecule has 0 aliphatic heterocycles. The number of hydrogen-bond acceptors (Lipinski definition) is 2. The molecule has 0 N–H and O–H groups in total. The molecule has 88 valence electrons. The first-order chi connectivity index (χ1) is 7.66. The van der Waals surface area contributed by atoms with Crippen molar-refractivity contribution in [2.45, 2.75) is 38.2 Å². The van der Waals surface area contributed by atoms with E-state index in [-0.39, 0.29) is 11.1 Å². The first-order valence-electron chi connectivity index (χ1n) is 6.22. The predicted molar refractivity (Wildman–Crippen MR) is 61.9 cm³/mol. The smallest absolute Gasteiger partial charge is 0.349 e. The van der Waals surface area contributed by atoms with E-state index in [4.69, 9.17) is 16.3 Å². The average molecular weight is 241 g/mol. The molecule has 0 spiro atoms. The Morgan fingerprint density at radius 1 is 1.19 bits per heavy atom. The van der Waals surface area contributed by atoms with Gasteiger partial charge < -0.3 is 4.74 Å². The first kappa shape index (κ1) is 10.6. The van der Waals surface area contributed by atoms with Crippen molar-refractivity contribution in [2.75, 3.05) is 0 Å². The second kappa shape index (κ2) is 3.76. The highest BCUT2D eigenvalue weighted by molar-refractivity contribution is 6.40. The molecule has 2 nitrogen and oxygen atoms in total. The van der Waals surface area contributed by atoms with Crippen molar-refractivity contribution >= 4 is 17.6 Å². The summed E-state index contributed by atoms with van der Waals surface area (Å²) in [5.74, 6) is 2.74. The van der Waals surface area contributed by atoms with E-state index in [2.05, 4.69) is 6.58 Å². The highest BCUT2D eigenvalue weighted by atomic mass is 35.5. The van der Waals surface area contributed by atoms with Gasteiger partial charge >= 0.3 is 5.97 Å². The van der Waals surface area contributed by atoms with E-state index in [0.717, 1.165) is 24.2 Å². The lowest BCUT2D eigenvalue weighted by molar-refractivity contribution is -0.147. The number of fused-ring (bicyclic) bond motifs is 5. The molecule has 0 saturated heterocycles. The molecule has 3 aliphatic rings. The fraction of sp³-hybridized carbons (Fsp3) is 0.769. The van der Waals surface area contributed by atoms with Crippen LogP contribution in [0.1, 0.15) is 32.1 Å². The summed E-state index contributed by atoms with van der Waals surface area (Å²) < 4.78 is 5.44. The van der Waals surface area contributed by atoms with Crippen LogP contribution in [0.2, 0.25) is 0 Å². The molecular formula is C13H17ClO2. The van der Waals surface area contributed by atoms with Crippen LogP contribution in [0.5, 0.6) is 0 Å². The topological polar surface area (TPSA) is 26.3 Å². The summed E-state index contributed by atoms with van der Waals surface area (Å²) in [7, 11) is 0. The van der Waals surface area contributed by atoms with Crippen LogP contribution in [0.25, 0.3) is 0 Å². The second-order valence-electron chi connectivity index (χ2n) is 5.50. The quantitative estimate of drug-likeness (QED) is 0.548. The van der Waals surface area contributed by atoms with Crippen LogP contribution in [0, 0.1) is 23.7 Å². The zero-order valence-corrected chi connectivity index (χ0v) is 10.1. The molecule has 5 unspecified atom stereocenters. The Balaban J connectivity index is 1.68. The maximum absolute atomic E-state index is 11.4. The number of ether oxygens (including phenoxy) is 1. The van der Waals surface area contributed by atoms with Crippen LogP contribution in [-0.2, 0) is 9.53 Å². The summed E-state index contributed by atoms with van der Waals surface area (Å²) in [6, 6.07) is 0. The zero-order chi connectivity index (χ0) is 11.3. The van der Waals surface area contributed by atoms with Crippen molar-refractivity contribution in [3.8, 4) is 0 Å². The number of hydrogen-bond donors (Lipinski definition) is 0. The monoisotopic (exact) mass is 240 g/mol. The van der Waals surface area contributed by atoms with Crippen molar-refractivity contribution in [3.63, 3.8) is 0 Å². The fourth-order valence-corrected chi connectivity index (χ4v) is 4.39. The Bertz CT molecular complexity index is 339. The molecule has 0 radical (unpaired) electrons. The summed E-state index contributed by atoms with van der Waals surface area (Å²) in [6.45, 7) is 3.42. The number of carbonyl (C=O) groups excluding carboxylic acids is 1. The van der Waals surface area contributed by atoms with E-state index in [9.17, 15) is 4.79 Å². The van der Waals surface area contributed by atoms with Gasteiger partial charge in [0.1, 0.15) is 11.1 Å². The molecule has 3 saturated carbocycles. The van der Waals surface area contributed by atoms with Gasteiger partial charge in [-0.3, -0.25) is 0 Å². The van der Waals surface area contributed by atoms with Crippen LogP contribution < -0.4 is 0 Å². The largest absolute Gasteiger partial charge is 0.458 e. The highest BCUT2D eigenvalue weighted by Gasteiger charge is 2.55. The molecule has 3 rings (SSSR count). The fourth-order valence-electron chi connectivity index (χ4n) is 4.34. The van der Waals surface area contributed by atoms with E-state index >= 15 is 0 Å². The summed E-state index contributed by atoms with van der Waals surface area (Å²) >= 11 is 5.55. The van der Waals surface area contributed by atoms with Gasteiger partial charge in [-0.2, -0.15) is 0 Å². The SMILES string of the molecule is C=C(Cl)C(=O)OC1CC2CC1C1CCCC21. The van der Waals surface area contributed by atoms with E-state index in [1.54, 1.807) is 0 Å². The number of rotatable bonds is 2. The number of carbonyl (C=O) groups is 1. The van der Waals surface area contributed by atoms with Crippen molar-refractivity contribution < 1.29 is 9.53 Å². The molecule has 0 aromatic rings. The summed E-state index contributed by atoms with van der Waals surface area (Å²) in [6.07, 6.45) is 6.54. The third kappa shape index (κ3) is 1.50. The lowest BCUT2D eigenvalue weighted by atomic mass is 9.80. The number of halogens is 1. The summed E-state index contributed by atoms with van der Waals surface area (Å²) in [5.41, 5.74) is 0. The normalized spacial score (nSPS) is 44.4. The summed E-state index contributed by atoms with van der Waals surface area (Å²) in [4.78, 5) is 11.4. The Morgan fingerprint density at radius 2 is 1.94 bits per heavy atom. The Labute approximate surface area is 101 Å². The first-order valence-corrected chi connectivity index (χ1v) is 6.60. The Hall–Kier alpha value is -0.500. The third-order valence-corrected chi connectivity index (χ3v) is 5.00. The van der Waals surface area contributed by atoms with Crippen molar-refractivity contribution in [1.29, 1.82) is 0 Å². The van der Waals surface area contributed by atoms with Gasteiger partial charge in [0.2, 0.25) is 0 Å². The van der Waals surface area contributed by atoms with Crippen LogP contribution in [0.3, 0.4) is 0 Å². The van der Waals surface area contributed by atoms with Gasteiger partial charge in [0.15, 0.2) is 0 Å². The van der Waals surface area contributed by atoms with Gasteiger partial charge in [0, 0.05) is 0 Å². The lowest BCUT2D eigenvalue weighted by Crippen LogP contribution is -2.32. The van der Waals surface area contributed by atoms with Crippen LogP contribution >= 0.6 is 11.6 Å². The minimum absolute atomic E-state index is 0.00532. The molecule has 3 heteroatoms. The number of esters is 1. The van der Waals surface area contributed by atoms with Crippen LogP contribution in [0.4, 0.5) is 0 Å². The van der Waals surface area contributed by atoms with Crippen molar-refractivity contribution in [3.05, 3.63) is 11.6 Å². The van der Waals surface area contributed by atoms with Gasteiger partial charge in [-0.05, 0) is 49.4 Å². The van der Waals surface area contributed by atoms with Gasteiger partial charge in [-0.15, -0.1) is 0 Å². The van der Waals surface area contributed by atoms with Crippen LogP contribution in [0.15, 0.2) is 11.6 Å². The minimum atomic E-state index is -0.422. The maximum atomic E-state index is 11.4. The molecule has 2 bridgehead atoms. The van der Waals surface area contributed by atoms with Gasteiger partial charge in [-0.1, -0.05) is 24.6 Å². The molecule has 0 aromatic heterocycles. The second-order valence-corrected chi connectivity index (χ2v) is 5.96. The average Bonchev–Trinajstić information content (AvgIpc) is 2.87. The lowest BCUT2D eigenvalue weighted by Gasteiger charge is -2.31. The molecule has 5 atom stereocenters. The van der Waals surface area contributed by atoms with Gasteiger partial charge in [0.25, 0.3) is 0 Å². The third-order valence-electron chi connectivity index (χ3n) is 4.85. The summed E-state index contributed by atoms with van der Waals surface area (Å²) in [5, 5.41) is 0.00532. The Kier molecular flexibility index (Phi) is 2.50. The molecule has 0 aromatic carbocycles. The van der Waals surface area contributed by atoms with Gasteiger partial charge in [-0.25, -0.2) is 4.79 Å². The maximum Gasteiger partial charge on any atom is 0.349 e. The molecule has 16 heavy (non-hydrogen) atoms. The van der Waals surface area contributed by atoms with Crippen molar-refractivity contribution in [2.24, 2.45) is 23.7 Å². The van der Waals surface area contributed by atoms with Gasteiger partial charge in [0.05, 0.1) is 0 Å². The minimum Gasteiger partial charge on any atom is -0.458 e. The standard InChI is InChI=1S/C13H17ClO2/c1-7(14)13(15)16-12-6-8-5-11(12)10-4-2-3-9(8)10/h8-12H,1-6H2. The van der Waals surface area contributed by atoms with E-state index in [0.29, 0.717) is 5.92 Å². The molecule has 3 fully saturated rings.